The molecule has 7 nitrogen and oxygen atoms in total. The summed E-state index contributed by atoms with van der Waals surface area (Å²) in [5, 5.41) is 19.8. The predicted octanol–water partition coefficient (Wildman–Crippen LogP) is 6.46. The zero-order chi connectivity index (χ0) is 28.7. The van der Waals surface area contributed by atoms with Crippen LogP contribution in [0.15, 0.2) is 97.2 Å². The fourth-order valence-electron chi connectivity index (χ4n) is 5.93. The Morgan fingerprint density at radius 3 is 2.55 bits per heavy atom. The number of rotatable bonds is 12. The Kier molecular flexibility index (Phi) is 8.59. The van der Waals surface area contributed by atoms with Crippen molar-refractivity contribution in [2.75, 3.05) is 6.54 Å². The third-order valence-electron chi connectivity index (χ3n) is 8.16. The van der Waals surface area contributed by atoms with E-state index in [-0.39, 0.29) is 12.0 Å². The molecule has 6 rings (SSSR count). The summed E-state index contributed by atoms with van der Waals surface area (Å²) in [4.78, 5) is 15.8. The van der Waals surface area contributed by atoms with E-state index < -0.39 is 0 Å². The first-order valence-corrected chi connectivity index (χ1v) is 14.7. The number of para-hydroxylation sites is 2. The van der Waals surface area contributed by atoms with Gasteiger partial charge in [-0.15, -0.1) is 0 Å². The lowest BCUT2D eigenvalue weighted by atomic mass is 9.90. The van der Waals surface area contributed by atoms with Gasteiger partial charge < -0.3 is 21.1 Å². The van der Waals surface area contributed by atoms with Crippen LogP contribution in [-0.2, 0) is 26.1 Å². The van der Waals surface area contributed by atoms with Gasteiger partial charge in [-0.2, -0.15) is 0 Å². The lowest BCUT2D eigenvalue weighted by Gasteiger charge is -2.34. The maximum Gasteiger partial charge on any atom is 0.121 e. The highest BCUT2D eigenvalue weighted by molar-refractivity contribution is 6.07. The van der Waals surface area contributed by atoms with Crippen LogP contribution in [-0.4, -0.2) is 38.3 Å². The highest BCUT2D eigenvalue weighted by Gasteiger charge is 2.28. The first kappa shape index (κ1) is 27.7. The normalized spacial score (nSPS) is 15.4. The molecule has 2 heterocycles. The Morgan fingerprint density at radius 1 is 0.952 bits per heavy atom. The van der Waals surface area contributed by atoms with Gasteiger partial charge in [-0.1, -0.05) is 72.8 Å². The number of H-pyrrole nitrogens is 1. The van der Waals surface area contributed by atoms with Crippen LogP contribution in [0.25, 0.3) is 11.0 Å². The van der Waals surface area contributed by atoms with Crippen molar-refractivity contribution < 1.29 is 0 Å². The number of benzene rings is 3. The molecule has 5 aromatic rings. The van der Waals surface area contributed by atoms with Gasteiger partial charge in [0.15, 0.2) is 0 Å². The van der Waals surface area contributed by atoms with Crippen molar-refractivity contribution in [3.63, 3.8) is 0 Å². The maximum absolute atomic E-state index is 8.50. The average molecular weight is 556 g/mol. The second kappa shape index (κ2) is 13.0. The number of hydrogen-bond donors (Lipinski definition) is 4. The lowest BCUT2D eigenvalue weighted by molar-refractivity contribution is 0.153. The summed E-state index contributed by atoms with van der Waals surface area (Å²) >= 11 is 0. The molecule has 4 N–H and O–H groups in total. The molecule has 0 saturated heterocycles. The number of fused-ring (bicyclic) bond motifs is 2. The Bertz CT molecular complexity index is 1610. The molecule has 42 heavy (non-hydrogen) atoms. The first-order chi connectivity index (χ1) is 20.7. The van der Waals surface area contributed by atoms with Gasteiger partial charge in [0.25, 0.3) is 0 Å². The van der Waals surface area contributed by atoms with E-state index in [0.717, 1.165) is 54.8 Å². The topological polar surface area (TPSA) is 105 Å². The minimum atomic E-state index is -0.259. The van der Waals surface area contributed by atoms with Crippen LogP contribution in [0.2, 0.25) is 0 Å². The van der Waals surface area contributed by atoms with Gasteiger partial charge >= 0.3 is 0 Å². The summed E-state index contributed by atoms with van der Waals surface area (Å²) < 4.78 is 0. The molecule has 212 valence electrons. The number of aryl methyl sites for hydroxylation is 1. The molecule has 1 aliphatic rings. The van der Waals surface area contributed by atoms with E-state index in [4.69, 9.17) is 20.8 Å². The van der Waals surface area contributed by atoms with Gasteiger partial charge in [-0.25, -0.2) is 4.98 Å². The summed E-state index contributed by atoms with van der Waals surface area (Å²) in [7, 11) is 0. The molecule has 0 saturated carbocycles. The molecule has 7 heteroatoms. The molecule has 0 bridgehead atoms. The van der Waals surface area contributed by atoms with E-state index in [9.17, 15) is 0 Å². The van der Waals surface area contributed by atoms with Crippen LogP contribution >= 0.6 is 0 Å². The highest BCUT2D eigenvalue weighted by Crippen LogP contribution is 2.34. The molecule has 2 unspecified atom stereocenters. The predicted molar refractivity (Wildman–Crippen MR) is 169 cm³/mol. The lowest BCUT2D eigenvalue weighted by Crippen LogP contribution is -2.32. The van der Waals surface area contributed by atoms with Crippen LogP contribution < -0.4 is 5.32 Å². The monoisotopic (exact) mass is 555 g/mol. The third-order valence-corrected chi connectivity index (χ3v) is 8.16. The molecule has 0 aliphatic heterocycles. The van der Waals surface area contributed by atoms with Gasteiger partial charge in [0.1, 0.15) is 5.82 Å². The zero-order valence-corrected chi connectivity index (χ0v) is 23.8. The molecule has 0 fully saturated rings. The van der Waals surface area contributed by atoms with Crippen LogP contribution in [0.4, 0.5) is 0 Å². The van der Waals surface area contributed by atoms with Gasteiger partial charge in [-0.05, 0) is 59.7 Å². The minimum absolute atomic E-state index is 0.238. The van der Waals surface area contributed by atoms with E-state index in [0.29, 0.717) is 18.8 Å². The Labute approximate surface area is 247 Å². The number of aromatic amines is 1. The van der Waals surface area contributed by atoms with Crippen LogP contribution in [0.5, 0.6) is 0 Å². The number of hydrogen-bond acceptors (Lipinski definition) is 6. The molecular weight excluding hydrogens is 518 g/mol. The molecule has 3 aromatic carbocycles. The summed E-state index contributed by atoms with van der Waals surface area (Å²) in [6, 6.07) is 31.2. The van der Waals surface area contributed by atoms with Crippen LogP contribution in [0, 0.1) is 16.7 Å². The highest BCUT2D eigenvalue weighted by atomic mass is 15.2. The molecule has 2 atom stereocenters. The Morgan fingerprint density at radius 2 is 1.74 bits per heavy atom. The fraction of sp³-hybridized carbons (Fsp3) is 0.257. The number of aromatic nitrogens is 3. The summed E-state index contributed by atoms with van der Waals surface area (Å²) in [6.45, 7) is 2.76. The number of nitrogens with one attached hydrogen (secondary N) is 4. The Balaban J connectivity index is 1.14. The summed E-state index contributed by atoms with van der Waals surface area (Å²) in [5.74, 6) is 0.715. The summed E-state index contributed by atoms with van der Waals surface area (Å²) in [5.41, 5.74) is 8.38. The van der Waals surface area contributed by atoms with E-state index >= 15 is 0 Å². The van der Waals surface area contributed by atoms with Crippen molar-refractivity contribution in [2.45, 2.75) is 44.9 Å². The average Bonchev–Trinajstić information content (AvgIpc) is 3.46. The molecule has 1 aliphatic carbocycles. The maximum atomic E-state index is 8.50. The van der Waals surface area contributed by atoms with E-state index in [1.54, 1.807) is 0 Å². The second-order valence-corrected chi connectivity index (χ2v) is 11.1. The number of nitrogens with zero attached hydrogens (tertiary/aromatic N) is 3. The first-order valence-electron chi connectivity index (χ1n) is 14.7. The smallest absolute Gasteiger partial charge is 0.121 e. The molecule has 0 amide bonds. The number of imidazole rings is 1. The van der Waals surface area contributed by atoms with Gasteiger partial charge in [0.2, 0.25) is 0 Å². The molecule has 0 spiro atoms. The van der Waals surface area contributed by atoms with E-state index in [2.05, 4.69) is 57.7 Å². The molecular formula is C35H37N7. The Hall–Kier alpha value is -4.46. The zero-order valence-electron chi connectivity index (χ0n) is 23.8. The van der Waals surface area contributed by atoms with Crippen molar-refractivity contribution in [1.29, 1.82) is 10.8 Å². The van der Waals surface area contributed by atoms with Gasteiger partial charge in [-0.3, -0.25) is 9.88 Å². The largest absolute Gasteiger partial charge is 0.341 e. The number of pyridine rings is 1. The summed E-state index contributed by atoms with van der Waals surface area (Å²) in [6.07, 6.45) is 6.61. The van der Waals surface area contributed by atoms with E-state index in [1.165, 1.54) is 28.6 Å². The molecule has 0 radical (unpaired) electrons. The van der Waals surface area contributed by atoms with Gasteiger partial charge in [0, 0.05) is 43.7 Å². The minimum Gasteiger partial charge on any atom is -0.341 e. The van der Waals surface area contributed by atoms with Crippen molar-refractivity contribution in [2.24, 2.45) is 5.92 Å². The van der Waals surface area contributed by atoms with Crippen LogP contribution in [0.3, 0.4) is 0 Å². The SMILES string of the molecule is N=CC(CNCc1ccc(CN(Cc2nc3ccccc3[nH]2)C2CCCc3cccnc32)cc1)C(=N)c1ccccc1. The fourth-order valence-corrected chi connectivity index (χ4v) is 5.93. The molecule has 2 aromatic heterocycles. The standard InChI is InChI=1S/C35H37N7/c36-20-29(34(37)27-8-2-1-3-9-27)22-38-21-25-15-17-26(18-16-25)23-42(24-33-40-30-12-4-5-13-31(30)41-33)32-14-6-10-28-11-7-19-39-35(28)32/h1-5,7-9,11-13,15-20,29,32,36-38H,6,10,14,21-24H2,(H,40,41). The quantitative estimate of drug-likeness (QED) is 0.133. The van der Waals surface area contributed by atoms with Crippen molar-refractivity contribution in [1.82, 2.24) is 25.2 Å². The van der Waals surface area contributed by atoms with Crippen LogP contribution in [0.1, 0.15) is 52.7 Å². The van der Waals surface area contributed by atoms with Gasteiger partial charge in [0.05, 0.1) is 29.3 Å². The van der Waals surface area contributed by atoms with E-state index in [1.807, 2.05) is 54.7 Å². The second-order valence-electron chi connectivity index (χ2n) is 11.1. The van der Waals surface area contributed by atoms with Crippen molar-refractivity contribution in [3.05, 3.63) is 131 Å². The third kappa shape index (κ3) is 6.38. The van der Waals surface area contributed by atoms with Crippen molar-refractivity contribution in [3.8, 4) is 0 Å². The van der Waals surface area contributed by atoms with Crippen molar-refractivity contribution >= 4 is 23.0 Å².